The van der Waals surface area contributed by atoms with Crippen molar-refractivity contribution in [1.82, 2.24) is 15.3 Å². The molecule has 10 nitrogen and oxygen atoms in total. The highest BCUT2D eigenvalue weighted by molar-refractivity contribution is 5.81. The van der Waals surface area contributed by atoms with Gasteiger partial charge in [0.05, 0.1) is 12.0 Å². The van der Waals surface area contributed by atoms with Crippen LogP contribution in [0.1, 0.15) is 31.6 Å². The molecule has 2 heterocycles. The van der Waals surface area contributed by atoms with E-state index in [2.05, 4.69) is 20.6 Å². The topological polar surface area (TPSA) is 147 Å². The number of nitrogens with zero attached hydrogens (tertiary/aromatic N) is 1. The summed E-state index contributed by atoms with van der Waals surface area (Å²) in [5.74, 6) is 0.197. The van der Waals surface area contributed by atoms with Gasteiger partial charge in [-0.1, -0.05) is 19.9 Å². The summed E-state index contributed by atoms with van der Waals surface area (Å²) in [5.41, 5.74) is 0.807. The van der Waals surface area contributed by atoms with Crippen LogP contribution in [0.4, 0.5) is 10.7 Å². The fourth-order valence-corrected chi connectivity index (χ4v) is 3.20. The number of hydrogen-bond donors (Lipinski definition) is 4. The maximum Gasteiger partial charge on any atom is 0.407 e. The number of alkyl carbamates (subject to hydrolysis) is 1. The number of carboxylic acid groups (broad SMARTS) is 1. The first-order chi connectivity index (χ1) is 15.8. The molecule has 0 aliphatic heterocycles. The lowest BCUT2D eigenvalue weighted by atomic mass is 10.0. The van der Waals surface area contributed by atoms with Gasteiger partial charge in [0.1, 0.15) is 17.4 Å². The molecular weight excluding hydrogens is 428 g/mol. The first-order valence-corrected chi connectivity index (χ1v) is 10.8. The van der Waals surface area contributed by atoms with E-state index in [1.165, 1.54) is 6.07 Å². The number of carboxylic acids is 1. The van der Waals surface area contributed by atoms with Crippen molar-refractivity contribution in [3.63, 3.8) is 0 Å². The number of hydrogen-bond acceptors (Lipinski definition) is 7. The number of benzene rings is 1. The molecule has 176 valence electrons. The molecule has 0 aliphatic rings. The monoisotopic (exact) mass is 456 g/mol. The predicted molar refractivity (Wildman–Crippen MR) is 122 cm³/mol. The summed E-state index contributed by atoms with van der Waals surface area (Å²) in [6, 6.07) is 5.20. The van der Waals surface area contributed by atoms with Crippen molar-refractivity contribution in [2.45, 2.75) is 39.2 Å². The maximum atomic E-state index is 12.6. The minimum atomic E-state index is -1.19. The Labute approximate surface area is 190 Å². The van der Waals surface area contributed by atoms with E-state index in [4.69, 9.17) is 9.15 Å². The van der Waals surface area contributed by atoms with Crippen LogP contribution in [0.5, 0.6) is 0 Å². The Morgan fingerprint density at radius 2 is 2.09 bits per heavy atom. The summed E-state index contributed by atoms with van der Waals surface area (Å²) in [6.45, 7) is 4.62. The van der Waals surface area contributed by atoms with E-state index in [1.807, 2.05) is 13.8 Å². The summed E-state index contributed by atoms with van der Waals surface area (Å²) in [5, 5.41) is 15.3. The number of H-pyrrole nitrogens is 1. The molecular formula is C23H28N4O6. The highest BCUT2D eigenvalue weighted by Crippen LogP contribution is 2.17. The smallest absolute Gasteiger partial charge is 0.407 e. The number of aromatic nitrogens is 2. The fourth-order valence-electron chi connectivity index (χ4n) is 3.20. The van der Waals surface area contributed by atoms with E-state index in [1.54, 1.807) is 30.6 Å². The van der Waals surface area contributed by atoms with Gasteiger partial charge in [-0.15, -0.1) is 0 Å². The van der Waals surface area contributed by atoms with Gasteiger partial charge in [0, 0.05) is 37.8 Å². The molecule has 0 fully saturated rings. The molecule has 0 aliphatic carbocycles. The molecule has 1 aromatic carbocycles. The molecule has 1 unspecified atom stereocenters. The standard InChI is InChI=1S/C23H28N4O6/c1-14(2)13-32-23(31)27-18(21(29)30)11-15-5-6-20-17(10-15)19(28)12-16(33-20)4-3-7-24-22-25-8-9-26-22/h5-6,8-10,12,14,18H,3-4,7,11,13H2,1-2H3,(H,27,31)(H,29,30)(H2,24,25,26). The normalized spacial score (nSPS) is 12.0. The van der Waals surface area contributed by atoms with Crippen molar-refractivity contribution >= 4 is 29.0 Å². The number of carbonyl (C=O) groups excluding carboxylic acids is 1. The largest absolute Gasteiger partial charge is 0.480 e. The molecule has 1 atom stereocenters. The van der Waals surface area contributed by atoms with Crippen LogP contribution in [0.2, 0.25) is 0 Å². The molecule has 2 aromatic heterocycles. The van der Waals surface area contributed by atoms with Gasteiger partial charge in [0.25, 0.3) is 0 Å². The van der Waals surface area contributed by atoms with Gasteiger partial charge in [-0.25, -0.2) is 14.6 Å². The van der Waals surface area contributed by atoms with Crippen LogP contribution in [0.15, 0.2) is 45.9 Å². The lowest BCUT2D eigenvalue weighted by molar-refractivity contribution is -0.139. The molecule has 0 spiro atoms. The zero-order chi connectivity index (χ0) is 23.8. The number of rotatable bonds is 11. The van der Waals surface area contributed by atoms with E-state index < -0.39 is 18.1 Å². The molecule has 33 heavy (non-hydrogen) atoms. The lowest BCUT2D eigenvalue weighted by Crippen LogP contribution is -2.42. The van der Waals surface area contributed by atoms with Crippen molar-refractivity contribution < 1.29 is 23.8 Å². The van der Waals surface area contributed by atoms with Crippen LogP contribution >= 0.6 is 0 Å². The number of fused-ring (bicyclic) bond motifs is 1. The second kappa shape index (κ2) is 11.2. The number of ether oxygens (including phenoxy) is 1. The van der Waals surface area contributed by atoms with E-state index in [9.17, 15) is 19.5 Å². The first-order valence-electron chi connectivity index (χ1n) is 10.8. The van der Waals surface area contributed by atoms with Gasteiger partial charge in [-0.05, 0) is 30.0 Å². The summed E-state index contributed by atoms with van der Waals surface area (Å²) in [4.78, 5) is 43.1. The second-order valence-corrected chi connectivity index (χ2v) is 8.11. The van der Waals surface area contributed by atoms with Crippen LogP contribution in [0.25, 0.3) is 11.0 Å². The molecule has 0 bridgehead atoms. The molecule has 4 N–H and O–H groups in total. The van der Waals surface area contributed by atoms with Gasteiger partial charge in [0.15, 0.2) is 11.4 Å². The zero-order valence-electron chi connectivity index (χ0n) is 18.6. The molecule has 0 saturated carbocycles. The van der Waals surface area contributed by atoms with E-state index in [0.29, 0.717) is 41.2 Å². The van der Waals surface area contributed by atoms with Crippen molar-refractivity contribution in [2.24, 2.45) is 5.92 Å². The number of amides is 1. The van der Waals surface area contributed by atoms with Crippen molar-refractivity contribution in [3.8, 4) is 0 Å². The number of imidazole rings is 1. The van der Waals surface area contributed by atoms with Gasteiger partial charge >= 0.3 is 12.1 Å². The van der Waals surface area contributed by atoms with Crippen LogP contribution in [0, 0.1) is 5.92 Å². The van der Waals surface area contributed by atoms with Crippen molar-refractivity contribution in [2.75, 3.05) is 18.5 Å². The van der Waals surface area contributed by atoms with Crippen LogP contribution in [0.3, 0.4) is 0 Å². The fraction of sp³-hybridized carbons (Fsp3) is 0.391. The highest BCUT2D eigenvalue weighted by Gasteiger charge is 2.22. The molecule has 3 rings (SSSR count). The minimum absolute atomic E-state index is 0.00168. The van der Waals surface area contributed by atoms with E-state index >= 15 is 0 Å². The molecule has 0 saturated heterocycles. The number of carbonyl (C=O) groups is 2. The maximum absolute atomic E-state index is 12.6. The Balaban J connectivity index is 1.63. The first kappa shape index (κ1) is 23.8. The van der Waals surface area contributed by atoms with Crippen LogP contribution < -0.4 is 16.1 Å². The predicted octanol–water partition coefficient (Wildman–Crippen LogP) is 2.94. The molecule has 1 amide bonds. The average Bonchev–Trinajstić information content (AvgIpc) is 3.29. The zero-order valence-corrected chi connectivity index (χ0v) is 18.6. The minimum Gasteiger partial charge on any atom is -0.480 e. The molecule has 3 aromatic rings. The van der Waals surface area contributed by atoms with E-state index in [-0.39, 0.29) is 24.4 Å². The number of aryl methyl sites for hydroxylation is 1. The summed E-state index contributed by atoms with van der Waals surface area (Å²) >= 11 is 0. The summed E-state index contributed by atoms with van der Waals surface area (Å²) < 4.78 is 10.8. The number of nitrogens with one attached hydrogen (secondary N) is 3. The van der Waals surface area contributed by atoms with Crippen LogP contribution in [-0.4, -0.2) is 46.3 Å². The Morgan fingerprint density at radius 1 is 1.27 bits per heavy atom. The average molecular weight is 456 g/mol. The SMILES string of the molecule is CC(C)COC(=O)NC(Cc1ccc2oc(CCCNc3ncc[nH]3)cc(=O)c2c1)C(=O)O. The molecule has 0 radical (unpaired) electrons. The lowest BCUT2D eigenvalue weighted by Gasteiger charge is -2.15. The van der Waals surface area contributed by atoms with Gasteiger partial charge in [-0.3, -0.25) is 4.79 Å². The number of aliphatic carboxylic acids is 1. The Bertz CT molecular complexity index is 1140. The van der Waals surface area contributed by atoms with Crippen molar-refractivity contribution in [1.29, 1.82) is 0 Å². The third-order valence-electron chi connectivity index (χ3n) is 4.81. The number of anilines is 1. The molecule has 10 heteroatoms. The Hall–Kier alpha value is -3.82. The summed E-state index contributed by atoms with van der Waals surface area (Å²) in [7, 11) is 0. The quantitative estimate of drug-likeness (QED) is 0.322. The number of aromatic amines is 1. The summed E-state index contributed by atoms with van der Waals surface area (Å²) in [6.07, 6.45) is 3.92. The highest BCUT2D eigenvalue weighted by atomic mass is 16.5. The van der Waals surface area contributed by atoms with Crippen LogP contribution in [-0.2, 0) is 22.4 Å². The Kier molecular flexibility index (Phi) is 8.06. The second-order valence-electron chi connectivity index (χ2n) is 8.11. The third kappa shape index (κ3) is 7.09. The van der Waals surface area contributed by atoms with Gasteiger partial charge in [-0.2, -0.15) is 0 Å². The van der Waals surface area contributed by atoms with Crippen molar-refractivity contribution in [3.05, 3.63) is 58.2 Å². The Morgan fingerprint density at radius 3 is 2.79 bits per heavy atom. The van der Waals surface area contributed by atoms with Gasteiger partial charge < -0.3 is 29.9 Å². The third-order valence-corrected chi connectivity index (χ3v) is 4.81. The van der Waals surface area contributed by atoms with E-state index in [0.717, 1.165) is 6.42 Å². The van der Waals surface area contributed by atoms with Gasteiger partial charge in [0.2, 0.25) is 0 Å².